The molecule has 0 unspecified atom stereocenters. The fourth-order valence-electron chi connectivity index (χ4n) is 3.97. The second-order valence-corrected chi connectivity index (χ2v) is 9.70. The van der Waals surface area contributed by atoms with E-state index in [9.17, 15) is 9.59 Å². The molecule has 3 aromatic carbocycles. The van der Waals surface area contributed by atoms with E-state index in [0.717, 1.165) is 34.3 Å². The second kappa shape index (κ2) is 10.8. The maximum absolute atomic E-state index is 12.4. The number of ether oxygens (including phenoxy) is 1. The van der Waals surface area contributed by atoms with Crippen LogP contribution in [-0.2, 0) is 4.74 Å². The highest BCUT2D eigenvalue weighted by Crippen LogP contribution is 2.32. The van der Waals surface area contributed by atoms with E-state index in [0.29, 0.717) is 17.4 Å². The number of aryl methyl sites for hydroxylation is 1. The van der Waals surface area contributed by atoms with Gasteiger partial charge in [-0.25, -0.2) is 14.6 Å². The fourth-order valence-corrected chi connectivity index (χ4v) is 5.06. The monoisotopic (exact) mass is 495 g/mol. The summed E-state index contributed by atoms with van der Waals surface area (Å²) in [7, 11) is 0. The minimum absolute atomic E-state index is 0.0741. The summed E-state index contributed by atoms with van der Waals surface area (Å²) >= 11 is 1.78. The van der Waals surface area contributed by atoms with Crippen molar-refractivity contribution in [3.8, 4) is 11.3 Å². The van der Waals surface area contributed by atoms with Crippen LogP contribution in [0.5, 0.6) is 0 Å². The molecule has 5 aromatic rings. The molecular weight excluding hydrogens is 470 g/mol. The highest BCUT2D eigenvalue weighted by Gasteiger charge is 2.15. The number of hydrogen-bond donors (Lipinski definition) is 0. The molecule has 0 radical (unpaired) electrons. The largest absolute Gasteiger partial charge is 0.462 e. The molecule has 5 nitrogen and oxygen atoms in total. The summed E-state index contributed by atoms with van der Waals surface area (Å²) in [4.78, 5) is 30.6. The molecule has 36 heavy (non-hydrogen) atoms. The Balaban J connectivity index is 1.19. The highest BCUT2D eigenvalue weighted by molar-refractivity contribution is 7.99. The van der Waals surface area contributed by atoms with Crippen LogP contribution in [0.2, 0.25) is 0 Å². The van der Waals surface area contributed by atoms with Crippen LogP contribution in [0.1, 0.15) is 28.8 Å². The lowest BCUT2D eigenvalue weighted by molar-refractivity contribution is 0.0495. The topological polar surface area (TPSA) is 69.4 Å². The van der Waals surface area contributed by atoms with Gasteiger partial charge in [0, 0.05) is 21.2 Å². The number of aromatic nitrogens is 1. The molecule has 0 amide bonds. The van der Waals surface area contributed by atoms with Gasteiger partial charge in [0.25, 0.3) is 0 Å². The van der Waals surface area contributed by atoms with Gasteiger partial charge in [0.2, 0.25) is 0 Å². The average Bonchev–Trinajstić information content (AvgIpc) is 2.90. The summed E-state index contributed by atoms with van der Waals surface area (Å²) in [6, 6.07) is 27.3. The third-order valence-electron chi connectivity index (χ3n) is 5.92. The van der Waals surface area contributed by atoms with Crippen molar-refractivity contribution in [1.29, 1.82) is 0 Å². The number of thioether (sulfide) groups is 1. The van der Waals surface area contributed by atoms with Crippen molar-refractivity contribution in [2.75, 3.05) is 12.4 Å². The lowest BCUT2D eigenvalue weighted by Gasteiger charge is -2.10. The molecule has 0 saturated carbocycles. The van der Waals surface area contributed by atoms with Gasteiger partial charge in [0.15, 0.2) is 0 Å². The van der Waals surface area contributed by atoms with Crippen molar-refractivity contribution in [2.45, 2.75) is 24.7 Å². The first-order valence-corrected chi connectivity index (χ1v) is 12.9. The van der Waals surface area contributed by atoms with Gasteiger partial charge >= 0.3 is 11.6 Å². The summed E-state index contributed by atoms with van der Waals surface area (Å²) in [5.41, 5.74) is 3.94. The molecule has 2 aromatic heterocycles. The number of unbranched alkanes of at least 4 members (excludes halogenated alkanes) is 1. The number of fused-ring (bicyclic) bond motifs is 2. The summed E-state index contributed by atoms with van der Waals surface area (Å²) in [6.45, 7) is 2.32. The van der Waals surface area contributed by atoms with Gasteiger partial charge in [0.05, 0.1) is 17.8 Å². The maximum Gasteiger partial charge on any atom is 0.351 e. The fraction of sp³-hybridized carbons (Fsp3) is 0.167. The third-order valence-corrected chi connectivity index (χ3v) is 7.06. The predicted molar refractivity (Wildman–Crippen MR) is 145 cm³/mol. The number of nitrogens with zero attached hydrogens (tertiary/aromatic N) is 1. The van der Waals surface area contributed by atoms with Crippen molar-refractivity contribution in [3.63, 3.8) is 0 Å². The Kier molecular flexibility index (Phi) is 7.14. The normalized spacial score (nSPS) is 11.1. The minimum atomic E-state index is -0.678. The molecule has 6 heteroatoms. The molecule has 0 atom stereocenters. The molecule has 0 aliphatic heterocycles. The van der Waals surface area contributed by atoms with E-state index in [2.05, 4.69) is 43.3 Å². The zero-order valence-electron chi connectivity index (χ0n) is 19.9. The van der Waals surface area contributed by atoms with Gasteiger partial charge in [-0.1, -0.05) is 66.2 Å². The molecule has 0 fully saturated rings. The summed E-state index contributed by atoms with van der Waals surface area (Å²) in [5, 5.41) is 1.82. The molecule has 180 valence electrons. The van der Waals surface area contributed by atoms with Gasteiger partial charge in [-0.2, -0.15) is 0 Å². The minimum Gasteiger partial charge on any atom is -0.462 e. The quantitative estimate of drug-likeness (QED) is 0.0995. The van der Waals surface area contributed by atoms with Crippen molar-refractivity contribution >= 4 is 39.6 Å². The molecule has 0 aliphatic rings. The van der Waals surface area contributed by atoms with E-state index in [1.54, 1.807) is 30.0 Å². The average molecular weight is 496 g/mol. The van der Waals surface area contributed by atoms with E-state index in [1.807, 2.05) is 24.3 Å². The van der Waals surface area contributed by atoms with Gasteiger partial charge < -0.3 is 9.15 Å². The summed E-state index contributed by atoms with van der Waals surface area (Å²) < 4.78 is 10.6. The van der Waals surface area contributed by atoms with E-state index < -0.39 is 11.6 Å². The first-order chi connectivity index (χ1) is 17.6. The van der Waals surface area contributed by atoms with Crippen LogP contribution in [0.4, 0.5) is 0 Å². The highest BCUT2D eigenvalue weighted by atomic mass is 32.2. The van der Waals surface area contributed by atoms with Crippen LogP contribution >= 0.6 is 11.8 Å². The zero-order chi connectivity index (χ0) is 24.9. The Morgan fingerprint density at radius 2 is 1.72 bits per heavy atom. The van der Waals surface area contributed by atoms with Crippen LogP contribution in [-0.4, -0.2) is 23.3 Å². The molecule has 5 rings (SSSR count). The lowest BCUT2D eigenvalue weighted by atomic mass is 10.1. The van der Waals surface area contributed by atoms with E-state index in [-0.39, 0.29) is 12.2 Å². The SMILES string of the molecule is Cc1ccc(-c2cc(SCCCCOC(=O)c3cc4ccccc4oc3=O)c3ccccc3n2)cc1. The summed E-state index contributed by atoms with van der Waals surface area (Å²) in [6.07, 6.45) is 1.56. The van der Waals surface area contributed by atoms with E-state index in [4.69, 9.17) is 14.1 Å². The molecule has 0 N–H and O–H groups in total. The second-order valence-electron chi connectivity index (χ2n) is 8.57. The molecular formula is C30H25NO4S. The predicted octanol–water partition coefficient (Wildman–Crippen LogP) is 7.05. The molecule has 0 aliphatic carbocycles. The van der Waals surface area contributed by atoms with Crippen LogP contribution in [0.3, 0.4) is 0 Å². The van der Waals surface area contributed by atoms with Crippen molar-refractivity contribution in [2.24, 2.45) is 0 Å². The number of pyridine rings is 1. The van der Waals surface area contributed by atoms with Gasteiger partial charge in [-0.05, 0) is 49.8 Å². The smallest absolute Gasteiger partial charge is 0.351 e. The first-order valence-electron chi connectivity index (χ1n) is 11.9. The van der Waals surface area contributed by atoms with Gasteiger partial charge in [-0.15, -0.1) is 11.8 Å². The zero-order valence-corrected chi connectivity index (χ0v) is 20.7. The van der Waals surface area contributed by atoms with Gasteiger partial charge in [0.1, 0.15) is 11.1 Å². The van der Waals surface area contributed by atoms with Crippen molar-refractivity contribution < 1.29 is 13.9 Å². The number of para-hydroxylation sites is 2. The third kappa shape index (κ3) is 5.34. The maximum atomic E-state index is 12.4. The van der Waals surface area contributed by atoms with Crippen LogP contribution in [0, 0.1) is 6.92 Å². The van der Waals surface area contributed by atoms with Crippen LogP contribution < -0.4 is 5.63 Å². The molecule has 2 heterocycles. The standard InChI is InChI=1S/C30H25NO4S/c1-20-12-14-21(15-13-20)26-19-28(23-9-3-4-10-25(23)31-26)36-17-7-6-16-34-29(32)24-18-22-8-2-5-11-27(22)35-30(24)33/h2-5,8-15,18-19H,6-7,16-17H2,1H3. The Hall–Kier alpha value is -3.90. The number of rotatable bonds is 8. The Morgan fingerprint density at radius 3 is 2.58 bits per heavy atom. The number of benzene rings is 3. The van der Waals surface area contributed by atoms with Crippen LogP contribution in [0.25, 0.3) is 33.1 Å². The van der Waals surface area contributed by atoms with Crippen molar-refractivity contribution in [1.82, 2.24) is 4.98 Å². The van der Waals surface area contributed by atoms with Crippen molar-refractivity contribution in [3.05, 3.63) is 106 Å². The number of carbonyl (C=O) groups excluding carboxylic acids is 1. The van der Waals surface area contributed by atoms with Gasteiger partial charge in [-0.3, -0.25) is 0 Å². The van der Waals surface area contributed by atoms with E-state index >= 15 is 0 Å². The number of carbonyl (C=O) groups is 1. The van der Waals surface area contributed by atoms with E-state index in [1.165, 1.54) is 16.5 Å². The Bertz CT molecular complexity index is 1590. The number of esters is 1. The molecule has 0 bridgehead atoms. The van der Waals surface area contributed by atoms with Crippen LogP contribution in [0.15, 0.2) is 99.0 Å². The lowest BCUT2D eigenvalue weighted by Crippen LogP contribution is -2.17. The summed E-state index contributed by atoms with van der Waals surface area (Å²) in [5.74, 6) is 0.224. The Morgan fingerprint density at radius 1 is 0.944 bits per heavy atom. The first kappa shape index (κ1) is 23.8. The molecule has 0 saturated heterocycles. The molecule has 0 spiro atoms. The Labute approximate surface area is 213 Å². The number of hydrogen-bond acceptors (Lipinski definition) is 6.